The average molecular weight is 437 g/mol. The molecule has 1 aliphatic rings. The minimum absolute atomic E-state index is 0.0379. The highest BCUT2D eigenvalue weighted by Crippen LogP contribution is 2.26. The zero-order valence-electron chi connectivity index (χ0n) is 16.4. The minimum Gasteiger partial charge on any atom is -0.390 e. The smallest absolute Gasteiger partial charge is 0.223 e. The van der Waals surface area contributed by atoms with E-state index < -0.39 is 0 Å². The van der Waals surface area contributed by atoms with Gasteiger partial charge in [0, 0.05) is 24.9 Å². The summed E-state index contributed by atoms with van der Waals surface area (Å²) in [6.07, 6.45) is 0.748. The van der Waals surface area contributed by atoms with Crippen molar-refractivity contribution in [2.45, 2.75) is 39.3 Å². The maximum Gasteiger partial charge on any atom is 0.223 e. The number of carbonyl (C=O) groups excluding carboxylic acids is 1. The van der Waals surface area contributed by atoms with Crippen LogP contribution < -0.4 is 0 Å². The molecule has 4 nitrogen and oxygen atoms in total. The lowest BCUT2D eigenvalue weighted by Crippen LogP contribution is -2.37. The number of hydrogen-bond acceptors (Lipinski definition) is 3. The van der Waals surface area contributed by atoms with Crippen LogP contribution >= 0.6 is 23.2 Å². The van der Waals surface area contributed by atoms with Crippen molar-refractivity contribution in [1.29, 1.82) is 0 Å². The highest BCUT2D eigenvalue weighted by atomic mass is 35.5. The van der Waals surface area contributed by atoms with E-state index in [1.807, 2.05) is 19.9 Å². The van der Waals surface area contributed by atoms with E-state index in [1.54, 1.807) is 29.2 Å². The Morgan fingerprint density at radius 2 is 1.93 bits per heavy atom. The van der Waals surface area contributed by atoms with Crippen LogP contribution in [0.5, 0.6) is 0 Å². The predicted octanol–water partition coefficient (Wildman–Crippen LogP) is 5.70. The first-order valence-electron chi connectivity index (χ1n) is 9.52. The van der Waals surface area contributed by atoms with Gasteiger partial charge in [-0.1, -0.05) is 60.4 Å². The van der Waals surface area contributed by atoms with Crippen molar-refractivity contribution in [1.82, 2.24) is 4.90 Å². The van der Waals surface area contributed by atoms with Crippen LogP contribution in [0.15, 0.2) is 47.6 Å². The van der Waals surface area contributed by atoms with E-state index in [0.29, 0.717) is 36.0 Å². The van der Waals surface area contributed by atoms with Crippen molar-refractivity contribution in [3.05, 3.63) is 69.5 Å². The fourth-order valence-corrected chi connectivity index (χ4v) is 3.46. The molecule has 0 saturated carbocycles. The van der Waals surface area contributed by atoms with E-state index in [1.165, 1.54) is 12.1 Å². The van der Waals surface area contributed by atoms with Crippen molar-refractivity contribution in [2.75, 3.05) is 6.54 Å². The van der Waals surface area contributed by atoms with Gasteiger partial charge < -0.3 is 9.74 Å². The number of nitrogens with zero attached hydrogens (tertiary/aromatic N) is 2. The van der Waals surface area contributed by atoms with Gasteiger partial charge in [-0.05, 0) is 35.7 Å². The summed E-state index contributed by atoms with van der Waals surface area (Å²) in [4.78, 5) is 20.1. The van der Waals surface area contributed by atoms with E-state index >= 15 is 0 Å². The Morgan fingerprint density at radius 1 is 1.21 bits per heavy atom. The maximum absolute atomic E-state index is 13.2. The normalized spacial score (nSPS) is 15.9. The first-order valence-corrected chi connectivity index (χ1v) is 10.3. The third kappa shape index (κ3) is 5.94. The summed E-state index contributed by atoms with van der Waals surface area (Å²) < 4.78 is 13.2. The van der Waals surface area contributed by atoms with E-state index in [-0.39, 0.29) is 23.7 Å². The topological polar surface area (TPSA) is 41.9 Å². The van der Waals surface area contributed by atoms with Gasteiger partial charge in [0.2, 0.25) is 5.91 Å². The first kappa shape index (κ1) is 21.6. The molecule has 0 bridgehead atoms. The number of carbonyl (C=O) groups is 1. The largest absolute Gasteiger partial charge is 0.390 e. The molecule has 2 aromatic rings. The Kier molecular flexibility index (Phi) is 7.14. The van der Waals surface area contributed by atoms with Crippen LogP contribution in [-0.4, -0.2) is 29.2 Å². The monoisotopic (exact) mass is 436 g/mol. The average Bonchev–Trinajstić information content (AvgIpc) is 3.13. The second-order valence-corrected chi connectivity index (χ2v) is 8.41. The van der Waals surface area contributed by atoms with Crippen LogP contribution in [0, 0.1) is 11.7 Å². The Labute approximate surface area is 180 Å². The van der Waals surface area contributed by atoms with Gasteiger partial charge in [-0.15, -0.1) is 0 Å². The molecule has 0 fully saturated rings. The van der Waals surface area contributed by atoms with Gasteiger partial charge in [-0.25, -0.2) is 4.39 Å². The van der Waals surface area contributed by atoms with Crippen LogP contribution in [0.25, 0.3) is 0 Å². The summed E-state index contributed by atoms with van der Waals surface area (Å²) in [5, 5.41) is 5.12. The number of oxime groups is 1. The molecule has 2 aromatic carbocycles. The number of amides is 1. The lowest BCUT2D eigenvalue weighted by atomic mass is 10.0. The molecule has 0 aliphatic carbocycles. The van der Waals surface area contributed by atoms with E-state index in [2.05, 4.69) is 5.16 Å². The molecule has 0 N–H and O–H groups in total. The molecule has 1 amide bonds. The van der Waals surface area contributed by atoms with Gasteiger partial charge in [0.1, 0.15) is 5.82 Å². The molecule has 0 spiro atoms. The molecule has 154 valence electrons. The molecule has 1 aliphatic heterocycles. The Hall–Kier alpha value is -2.11. The molecular formula is C22H23Cl2FN2O2. The predicted molar refractivity (Wildman–Crippen MR) is 114 cm³/mol. The van der Waals surface area contributed by atoms with Crippen LogP contribution in [0.2, 0.25) is 10.0 Å². The summed E-state index contributed by atoms with van der Waals surface area (Å²) in [7, 11) is 0. The van der Waals surface area contributed by atoms with Gasteiger partial charge >= 0.3 is 0 Å². The van der Waals surface area contributed by atoms with Crippen molar-refractivity contribution < 1.29 is 14.0 Å². The lowest BCUT2D eigenvalue weighted by Gasteiger charge is -2.26. The van der Waals surface area contributed by atoms with Gasteiger partial charge in [0.15, 0.2) is 6.10 Å². The van der Waals surface area contributed by atoms with Crippen molar-refractivity contribution in [3.8, 4) is 0 Å². The van der Waals surface area contributed by atoms with Crippen molar-refractivity contribution >= 4 is 34.8 Å². The number of rotatable bonds is 7. The molecule has 0 aromatic heterocycles. The first-order chi connectivity index (χ1) is 13.8. The number of hydrogen-bond donors (Lipinski definition) is 0. The van der Waals surface area contributed by atoms with E-state index in [9.17, 15) is 9.18 Å². The summed E-state index contributed by atoms with van der Waals surface area (Å²) in [5.41, 5.74) is 2.49. The fourth-order valence-electron chi connectivity index (χ4n) is 3.16. The quantitative estimate of drug-likeness (QED) is 0.558. The van der Waals surface area contributed by atoms with Crippen LogP contribution in [0.3, 0.4) is 0 Å². The van der Waals surface area contributed by atoms with Crippen molar-refractivity contribution in [2.24, 2.45) is 11.1 Å². The van der Waals surface area contributed by atoms with E-state index in [0.717, 1.165) is 16.8 Å². The highest BCUT2D eigenvalue weighted by molar-refractivity contribution is 6.42. The molecule has 1 unspecified atom stereocenters. The third-order valence-electron chi connectivity index (χ3n) is 4.63. The summed E-state index contributed by atoms with van der Waals surface area (Å²) in [5.74, 6) is -0.0192. The van der Waals surface area contributed by atoms with Gasteiger partial charge in [0.05, 0.1) is 22.3 Å². The molecule has 3 rings (SSSR count). The molecule has 1 atom stereocenters. The number of benzene rings is 2. The highest BCUT2D eigenvalue weighted by Gasteiger charge is 2.27. The van der Waals surface area contributed by atoms with Gasteiger partial charge in [-0.2, -0.15) is 0 Å². The molecule has 29 heavy (non-hydrogen) atoms. The van der Waals surface area contributed by atoms with Gasteiger partial charge in [0.25, 0.3) is 0 Å². The zero-order chi connectivity index (χ0) is 21.0. The lowest BCUT2D eigenvalue weighted by molar-refractivity contribution is -0.134. The second-order valence-electron chi connectivity index (χ2n) is 7.60. The third-order valence-corrected chi connectivity index (χ3v) is 5.37. The second kappa shape index (κ2) is 9.59. The maximum atomic E-state index is 13.2. The molecular weight excluding hydrogens is 414 g/mol. The molecule has 0 saturated heterocycles. The molecule has 0 radical (unpaired) electrons. The summed E-state index contributed by atoms with van der Waals surface area (Å²) >= 11 is 12.1. The fraction of sp³-hybridized carbons (Fsp3) is 0.364. The minimum atomic E-state index is -0.299. The van der Waals surface area contributed by atoms with Crippen LogP contribution in [0.4, 0.5) is 4.39 Å². The summed E-state index contributed by atoms with van der Waals surface area (Å²) in [6.45, 7) is 4.81. The van der Waals surface area contributed by atoms with Crippen LogP contribution in [-0.2, 0) is 16.2 Å². The Morgan fingerprint density at radius 3 is 2.59 bits per heavy atom. The molecule has 1 heterocycles. The van der Waals surface area contributed by atoms with Crippen LogP contribution in [0.1, 0.15) is 37.8 Å². The van der Waals surface area contributed by atoms with Gasteiger partial charge in [-0.3, -0.25) is 4.79 Å². The Balaban J connectivity index is 1.68. The van der Waals surface area contributed by atoms with E-state index in [4.69, 9.17) is 28.0 Å². The SMILES string of the molecule is CC(C)CC(=O)N(Cc1ccc(F)cc1)CC1CC(c2ccc(Cl)c(Cl)c2)=NO1. The number of halogens is 3. The van der Waals surface area contributed by atoms with Crippen molar-refractivity contribution in [3.63, 3.8) is 0 Å². The molecule has 7 heteroatoms. The summed E-state index contributed by atoms with van der Waals surface area (Å²) in [6, 6.07) is 11.5. The zero-order valence-corrected chi connectivity index (χ0v) is 17.9. The Bertz CT molecular complexity index is 900. The standard InChI is InChI=1S/C22H23Cl2FN2O2/c1-14(2)9-22(28)27(12-15-3-6-17(25)7-4-15)13-18-11-21(26-29-18)16-5-8-19(23)20(24)10-16/h3-8,10,14,18H,9,11-13H2,1-2H3.